The second-order valence-electron chi connectivity index (χ2n) is 8.16. The van der Waals surface area contributed by atoms with Crippen molar-refractivity contribution >= 4 is 11.9 Å². The standard InChI is InChI=1S/C25H31N3O/c1-2-23(22-11-7-4-8-12-22)24(29)28-18-15-26-25(28)27-16-13-21(14-17-27)19-20-9-5-3-6-10-20/h3-12,21,23H,2,13-19H2,1H3/t23-/m1/s1. The van der Waals surface area contributed by atoms with Crippen molar-refractivity contribution in [1.82, 2.24) is 9.80 Å². The third kappa shape index (κ3) is 4.52. The predicted octanol–water partition coefficient (Wildman–Crippen LogP) is 4.33. The Bertz CT molecular complexity index is 826. The van der Waals surface area contributed by atoms with Crippen molar-refractivity contribution in [1.29, 1.82) is 0 Å². The number of nitrogens with zero attached hydrogens (tertiary/aromatic N) is 3. The van der Waals surface area contributed by atoms with Crippen LogP contribution in [0.5, 0.6) is 0 Å². The van der Waals surface area contributed by atoms with Crippen LogP contribution < -0.4 is 0 Å². The molecule has 4 nitrogen and oxygen atoms in total. The first-order chi connectivity index (χ1) is 14.3. The van der Waals surface area contributed by atoms with Gasteiger partial charge in [-0.2, -0.15) is 0 Å². The Hall–Kier alpha value is -2.62. The summed E-state index contributed by atoms with van der Waals surface area (Å²) in [5, 5.41) is 0. The Balaban J connectivity index is 1.38. The summed E-state index contributed by atoms with van der Waals surface area (Å²) in [4.78, 5) is 22.4. The number of rotatable bonds is 5. The minimum Gasteiger partial charge on any atom is -0.342 e. The van der Waals surface area contributed by atoms with E-state index in [0.29, 0.717) is 12.5 Å². The Morgan fingerprint density at radius 3 is 2.31 bits per heavy atom. The summed E-state index contributed by atoms with van der Waals surface area (Å²) >= 11 is 0. The van der Waals surface area contributed by atoms with E-state index < -0.39 is 0 Å². The fraction of sp³-hybridized carbons (Fsp3) is 0.440. The fourth-order valence-electron chi connectivity index (χ4n) is 4.63. The number of carbonyl (C=O) groups excluding carboxylic acids is 1. The second-order valence-corrected chi connectivity index (χ2v) is 8.16. The average Bonchev–Trinajstić information content (AvgIpc) is 3.26. The van der Waals surface area contributed by atoms with Gasteiger partial charge in [-0.25, -0.2) is 0 Å². The van der Waals surface area contributed by atoms with Crippen LogP contribution in [0, 0.1) is 5.92 Å². The molecule has 0 radical (unpaired) electrons. The fourth-order valence-corrected chi connectivity index (χ4v) is 4.63. The lowest BCUT2D eigenvalue weighted by Crippen LogP contribution is -2.49. The number of carbonyl (C=O) groups is 1. The van der Waals surface area contributed by atoms with Crippen molar-refractivity contribution in [2.75, 3.05) is 26.2 Å². The maximum Gasteiger partial charge on any atom is 0.236 e. The van der Waals surface area contributed by atoms with E-state index in [-0.39, 0.29) is 11.8 Å². The van der Waals surface area contributed by atoms with Crippen molar-refractivity contribution in [2.45, 2.75) is 38.5 Å². The molecule has 1 atom stereocenters. The monoisotopic (exact) mass is 389 g/mol. The summed E-state index contributed by atoms with van der Waals surface area (Å²) in [6.45, 7) is 5.50. The van der Waals surface area contributed by atoms with Gasteiger partial charge in [-0.1, -0.05) is 67.6 Å². The topological polar surface area (TPSA) is 35.9 Å². The maximum atomic E-state index is 13.4. The van der Waals surface area contributed by atoms with Crippen molar-refractivity contribution < 1.29 is 4.79 Å². The number of guanidine groups is 1. The molecular formula is C25H31N3O. The van der Waals surface area contributed by atoms with Crippen LogP contribution in [0.25, 0.3) is 0 Å². The zero-order valence-electron chi connectivity index (χ0n) is 17.3. The largest absolute Gasteiger partial charge is 0.342 e. The average molecular weight is 390 g/mol. The molecule has 152 valence electrons. The quantitative estimate of drug-likeness (QED) is 0.763. The number of hydrogen-bond acceptors (Lipinski definition) is 3. The third-order valence-corrected chi connectivity index (χ3v) is 6.26. The summed E-state index contributed by atoms with van der Waals surface area (Å²) in [6, 6.07) is 20.9. The summed E-state index contributed by atoms with van der Waals surface area (Å²) in [6.07, 6.45) is 4.28. The van der Waals surface area contributed by atoms with Crippen molar-refractivity contribution in [3.05, 3.63) is 71.8 Å². The molecule has 0 aromatic heterocycles. The van der Waals surface area contributed by atoms with Gasteiger partial charge in [0.25, 0.3) is 0 Å². The van der Waals surface area contributed by atoms with Crippen LogP contribution in [0.3, 0.4) is 0 Å². The first-order valence-corrected chi connectivity index (χ1v) is 11.0. The highest BCUT2D eigenvalue weighted by Crippen LogP contribution is 2.26. The Labute approximate surface area is 174 Å². The zero-order valence-corrected chi connectivity index (χ0v) is 17.3. The van der Waals surface area contributed by atoms with Crippen LogP contribution in [-0.4, -0.2) is 47.8 Å². The third-order valence-electron chi connectivity index (χ3n) is 6.26. The number of hydrogen-bond donors (Lipinski definition) is 0. The van der Waals surface area contributed by atoms with E-state index in [9.17, 15) is 4.79 Å². The summed E-state index contributed by atoms with van der Waals surface area (Å²) in [7, 11) is 0. The molecule has 2 aliphatic heterocycles. The molecule has 2 aliphatic rings. The summed E-state index contributed by atoms with van der Waals surface area (Å²) in [5.41, 5.74) is 2.53. The molecule has 0 saturated carbocycles. The molecule has 1 fully saturated rings. The van der Waals surface area contributed by atoms with E-state index >= 15 is 0 Å². The van der Waals surface area contributed by atoms with E-state index in [1.165, 1.54) is 5.56 Å². The molecule has 0 bridgehead atoms. The molecule has 4 rings (SSSR count). The zero-order chi connectivity index (χ0) is 20.1. The van der Waals surface area contributed by atoms with Crippen LogP contribution in [0.1, 0.15) is 43.2 Å². The molecular weight excluding hydrogens is 358 g/mol. The Morgan fingerprint density at radius 2 is 1.66 bits per heavy atom. The summed E-state index contributed by atoms with van der Waals surface area (Å²) < 4.78 is 0. The Morgan fingerprint density at radius 1 is 1.00 bits per heavy atom. The van der Waals surface area contributed by atoms with Gasteiger partial charge < -0.3 is 4.90 Å². The molecule has 2 heterocycles. The molecule has 0 aliphatic carbocycles. The Kier molecular flexibility index (Phi) is 6.28. The van der Waals surface area contributed by atoms with E-state index in [4.69, 9.17) is 4.99 Å². The molecule has 4 heteroatoms. The lowest BCUT2D eigenvalue weighted by Gasteiger charge is -2.36. The van der Waals surface area contributed by atoms with Crippen molar-refractivity contribution in [2.24, 2.45) is 10.9 Å². The van der Waals surface area contributed by atoms with Crippen LogP contribution in [0.15, 0.2) is 65.7 Å². The SMILES string of the molecule is CC[C@@H](C(=O)N1CCN=C1N1CCC(Cc2ccccc2)CC1)c1ccccc1. The van der Waals surface area contributed by atoms with Gasteiger partial charge in [-0.15, -0.1) is 0 Å². The van der Waals surface area contributed by atoms with Crippen LogP contribution in [-0.2, 0) is 11.2 Å². The normalized spacial score (nSPS) is 18.6. The molecule has 2 aromatic carbocycles. The minimum atomic E-state index is -0.0879. The summed E-state index contributed by atoms with van der Waals surface area (Å²) in [5.74, 6) is 1.73. The number of likely N-dealkylation sites (tertiary alicyclic amines) is 1. The van der Waals surface area contributed by atoms with Crippen LogP contribution in [0.2, 0.25) is 0 Å². The number of benzene rings is 2. The second kappa shape index (κ2) is 9.25. The van der Waals surface area contributed by atoms with Gasteiger partial charge in [0.15, 0.2) is 0 Å². The minimum absolute atomic E-state index is 0.0879. The maximum absolute atomic E-state index is 13.4. The lowest BCUT2D eigenvalue weighted by atomic mass is 9.90. The smallest absolute Gasteiger partial charge is 0.236 e. The van der Waals surface area contributed by atoms with E-state index in [1.54, 1.807) is 0 Å². The van der Waals surface area contributed by atoms with Crippen molar-refractivity contribution in [3.63, 3.8) is 0 Å². The van der Waals surface area contributed by atoms with E-state index in [2.05, 4.69) is 54.3 Å². The van der Waals surface area contributed by atoms with Gasteiger partial charge in [0.2, 0.25) is 11.9 Å². The van der Waals surface area contributed by atoms with Gasteiger partial charge in [-0.05, 0) is 42.7 Å². The lowest BCUT2D eigenvalue weighted by molar-refractivity contribution is -0.129. The van der Waals surface area contributed by atoms with Crippen LogP contribution >= 0.6 is 0 Å². The van der Waals surface area contributed by atoms with Crippen LogP contribution in [0.4, 0.5) is 0 Å². The molecule has 1 amide bonds. The highest BCUT2D eigenvalue weighted by atomic mass is 16.2. The molecule has 0 unspecified atom stereocenters. The molecule has 2 aromatic rings. The highest BCUT2D eigenvalue weighted by molar-refractivity contribution is 6.01. The van der Waals surface area contributed by atoms with Gasteiger partial charge in [-0.3, -0.25) is 14.7 Å². The molecule has 0 N–H and O–H groups in total. The molecule has 1 saturated heterocycles. The molecule has 29 heavy (non-hydrogen) atoms. The van der Waals surface area contributed by atoms with Gasteiger partial charge in [0.1, 0.15) is 0 Å². The number of piperidine rings is 1. The highest BCUT2D eigenvalue weighted by Gasteiger charge is 2.34. The predicted molar refractivity (Wildman–Crippen MR) is 118 cm³/mol. The van der Waals surface area contributed by atoms with Gasteiger partial charge >= 0.3 is 0 Å². The number of amides is 1. The van der Waals surface area contributed by atoms with Crippen molar-refractivity contribution in [3.8, 4) is 0 Å². The molecule has 0 spiro atoms. The number of aliphatic imine (C=N–C) groups is 1. The van der Waals surface area contributed by atoms with Gasteiger partial charge in [0, 0.05) is 19.6 Å². The van der Waals surface area contributed by atoms with E-state index in [1.807, 2.05) is 23.1 Å². The van der Waals surface area contributed by atoms with Gasteiger partial charge in [0.05, 0.1) is 12.5 Å². The first-order valence-electron chi connectivity index (χ1n) is 11.0. The first kappa shape index (κ1) is 19.7. The van der Waals surface area contributed by atoms with E-state index in [0.717, 1.165) is 56.8 Å².